The number of hydrogen-bond donors (Lipinski definition) is 3. The molecule has 2 amide bonds. The van der Waals surface area contributed by atoms with Gasteiger partial charge in [0.15, 0.2) is 0 Å². The number of nitrogens with one attached hydrogen (secondary N) is 2. The molecule has 3 unspecified atom stereocenters. The summed E-state index contributed by atoms with van der Waals surface area (Å²) in [7, 11) is -0.959. The predicted molar refractivity (Wildman–Crippen MR) is 68.0 cm³/mol. The molecule has 0 aliphatic heterocycles. The van der Waals surface area contributed by atoms with Gasteiger partial charge in [-0.15, -0.1) is 0 Å². The fraction of sp³-hybridized carbons (Fsp3) is 0.778. The molecule has 0 spiro atoms. The molecule has 94 valence electrons. The Morgan fingerprint density at radius 1 is 1.38 bits per heavy atom. The maximum atomic E-state index is 11.6. The Kier molecular flexibility index (Phi) is 7.40. The second-order valence-corrected chi connectivity index (χ2v) is 5.43. The molecule has 0 saturated heterocycles. The van der Waals surface area contributed by atoms with Crippen LogP contribution in [0.5, 0.6) is 0 Å². The summed E-state index contributed by atoms with van der Waals surface area (Å²) in [4.78, 5) is 22.4. The Labute approximate surface area is 104 Å². The van der Waals surface area contributed by atoms with Gasteiger partial charge in [0.05, 0.1) is 0 Å². The van der Waals surface area contributed by atoms with E-state index in [1.807, 2.05) is 0 Å². The van der Waals surface area contributed by atoms with Gasteiger partial charge in [-0.25, -0.2) is 0 Å². The first-order chi connectivity index (χ1) is 7.36. The molecule has 0 aliphatic rings. The van der Waals surface area contributed by atoms with E-state index >= 15 is 0 Å². The Balaban J connectivity index is 4.20. The molecule has 16 heavy (non-hydrogen) atoms. The molecule has 0 bridgehead atoms. The summed E-state index contributed by atoms with van der Waals surface area (Å²) in [6.45, 7) is 3.11. The van der Waals surface area contributed by atoms with Gasteiger partial charge < -0.3 is 10.6 Å². The van der Waals surface area contributed by atoms with Crippen molar-refractivity contribution in [1.29, 1.82) is 0 Å². The largest absolute Gasteiger partial charge is 0.351 e. The molecule has 7 heteroatoms. The maximum absolute atomic E-state index is 11.6. The van der Waals surface area contributed by atoms with Crippen LogP contribution in [0.2, 0.25) is 0 Å². The third-order valence-corrected chi connectivity index (χ3v) is 3.08. The van der Waals surface area contributed by atoms with E-state index in [0.29, 0.717) is 5.75 Å². The molecule has 0 fully saturated rings. The number of hydrogen-bond acceptors (Lipinski definition) is 4. The van der Waals surface area contributed by atoms with E-state index in [4.69, 9.17) is 0 Å². The van der Waals surface area contributed by atoms with E-state index in [0.717, 1.165) is 0 Å². The molecule has 5 nitrogen and oxygen atoms in total. The topological polar surface area (TPSA) is 75.3 Å². The Morgan fingerprint density at radius 3 is 2.31 bits per heavy atom. The Hall–Kier alpha value is -0.560. The molecule has 0 saturated carbocycles. The Morgan fingerprint density at radius 2 is 1.94 bits per heavy atom. The van der Waals surface area contributed by atoms with E-state index < -0.39 is 16.8 Å². The lowest BCUT2D eigenvalue weighted by atomic mass is 10.2. The summed E-state index contributed by atoms with van der Waals surface area (Å²) < 4.78 is 10.9. The number of thiol groups is 1. The van der Waals surface area contributed by atoms with Crippen LogP contribution in [0, 0.1) is 0 Å². The second kappa shape index (κ2) is 7.67. The highest BCUT2D eigenvalue weighted by Crippen LogP contribution is 1.92. The molecule has 0 radical (unpaired) electrons. The minimum atomic E-state index is -0.959. The predicted octanol–water partition coefficient (Wildman–Crippen LogP) is -0.696. The molecule has 0 aromatic carbocycles. The number of carbonyl (C=O) groups excluding carboxylic acids is 2. The fourth-order valence-electron chi connectivity index (χ4n) is 1.18. The van der Waals surface area contributed by atoms with Crippen LogP contribution in [0.1, 0.15) is 13.8 Å². The van der Waals surface area contributed by atoms with Crippen molar-refractivity contribution in [1.82, 2.24) is 10.6 Å². The minimum absolute atomic E-state index is 0.186. The van der Waals surface area contributed by atoms with Crippen LogP contribution < -0.4 is 10.6 Å². The average Bonchev–Trinajstić information content (AvgIpc) is 2.11. The highest BCUT2D eigenvalue weighted by Gasteiger charge is 2.19. The SMILES string of the molecule is CC(=O)NC(CS)C(=O)NC(C)CS(C)=O. The van der Waals surface area contributed by atoms with Crippen LogP contribution in [-0.4, -0.2) is 45.9 Å². The lowest BCUT2D eigenvalue weighted by Crippen LogP contribution is -2.50. The first kappa shape index (κ1) is 15.4. The quantitative estimate of drug-likeness (QED) is 0.557. The molecule has 0 heterocycles. The third-order valence-electron chi connectivity index (χ3n) is 1.75. The van der Waals surface area contributed by atoms with Gasteiger partial charge in [-0.3, -0.25) is 13.8 Å². The monoisotopic (exact) mass is 266 g/mol. The van der Waals surface area contributed by atoms with Crippen LogP contribution in [0.15, 0.2) is 0 Å². The van der Waals surface area contributed by atoms with Crippen LogP contribution in [0.3, 0.4) is 0 Å². The molecular weight excluding hydrogens is 248 g/mol. The maximum Gasteiger partial charge on any atom is 0.243 e. The van der Waals surface area contributed by atoms with Gasteiger partial charge in [0.1, 0.15) is 6.04 Å². The standard InChI is InChI=1S/C9H18N2O3S2/c1-6(5-16(3)14)10-9(13)8(4-15)11-7(2)12/h6,8,15H,4-5H2,1-3H3,(H,10,13)(H,11,12). The smallest absolute Gasteiger partial charge is 0.243 e. The van der Waals surface area contributed by atoms with E-state index in [-0.39, 0.29) is 23.6 Å². The van der Waals surface area contributed by atoms with E-state index in [9.17, 15) is 13.8 Å². The molecule has 0 rings (SSSR count). The summed E-state index contributed by atoms with van der Waals surface area (Å²) >= 11 is 3.99. The van der Waals surface area contributed by atoms with Crippen molar-refractivity contribution in [2.45, 2.75) is 25.9 Å². The average molecular weight is 266 g/mol. The van der Waals surface area contributed by atoms with Crippen molar-refractivity contribution in [2.24, 2.45) is 0 Å². The zero-order chi connectivity index (χ0) is 12.7. The van der Waals surface area contributed by atoms with Crippen LogP contribution in [0.4, 0.5) is 0 Å². The van der Waals surface area contributed by atoms with Gasteiger partial charge in [0.25, 0.3) is 0 Å². The lowest BCUT2D eigenvalue weighted by Gasteiger charge is -2.18. The van der Waals surface area contributed by atoms with Crippen LogP contribution >= 0.6 is 12.6 Å². The van der Waals surface area contributed by atoms with E-state index in [2.05, 4.69) is 23.3 Å². The van der Waals surface area contributed by atoms with E-state index in [1.165, 1.54) is 6.92 Å². The molecular formula is C9H18N2O3S2. The molecule has 2 N–H and O–H groups in total. The zero-order valence-electron chi connectivity index (χ0n) is 9.65. The first-order valence-electron chi connectivity index (χ1n) is 4.85. The van der Waals surface area contributed by atoms with Crippen molar-refractivity contribution >= 4 is 35.2 Å². The van der Waals surface area contributed by atoms with Gasteiger partial charge in [-0.05, 0) is 6.92 Å². The molecule has 0 aromatic rings. The summed E-state index contributed by atoms with van der Waals surface area (Å²) in [6, 6.07) is -0.831. The zero-order valence-corrected chi connectivity index (χ0v) is 11.4. The highest BCUT2D eigenvalue weighted by atomic mass is 32.2. The number of amides is 2. The third kappa shape index (κ3) is 6.84. The number of carbonyl (C=O) groups is 2. The van der Waals surface area contributed by atoms with Gasteiger partial charge in [0.2, 0.25) is 11.8 Å². The van der Waals surface area contributed by atoms with Crippen molar-refractivity contribution in [3.05, 3.63) is 0 Å². The molecule has 0 aromatic heterocycles. The first-order valence-corrected chi connectivity index (χ1v) is 7.21. The highest BCUT2D eigenvalue weighted by molar-refractivity contribution is 7.84. The fourth-order valence-corrected chi connectivity index (χ4v) is 2.22. The van der Waals surface area contributed by atoms with Crippen molar-refractivity contribution < 1.29 is 13.8 Å². The second-order valence-electron chi connectivity index (χ2n) is 3.59. The van der Waals surface area contributed by atoms with E-state index in [1.54, 1.807) is 13.2 Å². The summed E-state index contributed by atoms with van der Waals surface area (Å²) in [5.41, 5.74) is 0. The van der Waals surface area contributed by atoms with Crippen molar-refractivity contribution in [3.8, 4) is 0 Å². The van der Waals surface area contributed by atoms with Crippen molar-refractivity contribution in [3.63, 3.8) is 0 Å². The minimum Gasteiger partial charge on any atom is -0.351 e. The normalized spacial score (nSPS) is 16.0. The van der Waals surface area contributed by atoms with Crippen molar-refractivity contribution in [2.75, 3.05) is 17.8 Å². The van der Waals surface area contributed by atoms with Gasteiger partial charge in [-0.2, -0.15) is 12.6 Å². The Bertz CT molecular complexity index is 284. The van der Waals surface area contributed by atoms with Gasteiger partial charge >= 0.3 is 0 Å². The van der Waals surface area contributed by atoms with Crippen LogP contribution in [0.25, 0.3) is 0 Å². The van der Waals surface area contributed by atoms with Gasteiger partial charge in [-0.1, -0.05) is 0 Å². The number of rotatable bonds is 6. The van der Waals surface area contributed by atoms with Crippen LogP contribution in [-0.2, 0) is 20.4 Å². The molecule has 0 aliphatic carbocycles. The molecule has 3 atom stereocenters. The summed E-state index contributed by atoms with van der Waals surface area (Å²) in [5, 5.41) is 5.16. The summed E-state index contributed by atoms with van der Waals surface area (Å²) in [5.74, 6) is 0.0439. The summed E-state index contributed by atoms with van der Waals surface area (Å²) in [6.07, 6.45) is 1.58. The van der Waals surface area contributed by atoms with Gasteiger partial charge in [0, 0.05) is 41.5 Å². The lowest BCUT2D eigenvalue weighted by molar-refractivity contribution is -0.127.